The first-order valence-electron chi connectivity index (χ1n) is 10.5. The van der Waals surface area contributed by atoms with Gasteiger partial charge in [0, 0.05) is 19.2 Å². The highest BCUT2D eigenvalue weighted by atomic mass is 127. The van der Waals surface area contributed by atoms with Crippen molar-refractivity contribution in [2.75, 3.05) is 0 Å². The van der Waals surface area contributed by atoms with Crippen LogP contribution in [0, 0.1) is 0 Å². The van der Waals surface area contributed by atoms with Gasteiger partial charge in [0.15, 0.2) is 0 Å². The van der Waals surface area contributed by atoms with E-state index in [1.165, 1.54) is 63.4 Å². The van der Waals surface area contributed by atoms with Gasteiger partial charge >= 0.3 is 0 Å². The molecule has 1 aromatic heterocycles. The first kappa shape index (κ1) is 24.2. The van der Waals surface area contributed by atoms with Crippen LogP contribution >= 0.6 is 24.0 Å². The number of halogens is 1. The number of aliphatic hydroxyl groups is 1. The van der Waals surface area contributed by atoms with E-state index in [9.17, 15) is 5.11 Å². The van der Waals surface area contributed by atoms with Crippen LogP contribution in [0.2, 0.25) is 0 Å². The van der Waals surface area contributed by atoms with Crippen molar-refractivity contribution in [3.05, 3.63) is 53.6 Å². The van der Waals surface area contributed by atoms with Gasteiger partial charge in [-0.25, -0.2) is 4.98 Å². The van der Waals surface area contributed by atoms with Gasteiger partial charge in [-0.1, -0.05) is 88.6 Å². The SMILES string of the molecule is CCCCCCCCCCCc1nc(C(C)O)cn1Cc1ccccc1.I. The van der Waals surface area contributed by atoms with Gasteiger partial charge in [-0.15, -0.1) is 24.0 Å². The van der Waals surface area contributed by atoms with Gasteiger partial charge in [0.1, 0.15) is 5.82 Å². The van der Waals surface area contributed by atoms with Crippen LogP contribution in [0.5, 0.6) is 0 Å². The molecule has 0 saturated heterocycles. The Hall–Kier alpha value is -0.880. The fourth-order valence-electron chi connectivity index (χ4n) is 3.39. The monoisotopic (exact) mass is 484 g/mol. The zero-order valence-corrected chi connectivity index (χ0v) is 19.4. The molecule has 0 aliphatic rings. The second kappa shape index (κ2) is 14.2. The van der Waals surface area contributed by atoms with E-state index >= 15 is 0 Å². The molecule has 0 fully saturated rings. The Bertz CT molecular complexity index is 610. The lowest BCUT2D eigenvalue weighted by Crippen LogP contribution is -2.04. The van der Waals surface area contributed by atoms with E-state index in [0.29, 0.717) is 0 Å². The third-order valence-electron chi connectivity index (χ3n) is 5.01. The summed E-state index contributed by atoms with van der Waals surface area (Å²) in [5, 5.41) is 9.88. The molecule has 0 radical (unpaired) electrons. The van der Waals surface area contributed by atoms with Crippen molar-refractivity contribution in [1.29, 1.82) is 0 Å². The van der Waals surface area contributed by atoms with Crippen LogP contribution in [0.1, 0.15) is 94.8 Å². The summed E-state index contributed by atoms with van der Waals surface area (Å²) in [6.07, 6.45) is 14.5. The van der Waals surface area contributed by atoms with E-state index in [-0.39, 0.29) is 24.0 Å². The predicted molar refractivity (Wildman–Crippen MR) is 125 cm³/mol. The lowest BCUT2D eigenvalue weighted by atomic mass is 10.1. The Balaban J connectivity index is 0.00000364. The van der Waals surface area contributed by atoms with Crippen LogP contribution in [-0.2, 0) is 13.0 Å². The van der Waals surface area contributed by atoms with Crippen LogP contribution < -0.4 is 0 Å². The number of benzene rings is 1. The molecule has 1 unspecified atom stereocenters. The Morgan fingerprint density at radius 3 is 2.11 bits per heavy atom. The van der Waals surface area contributed by atoms with Crippen LogP contribution in [0.25, 0.3) is 0 Å². The number of hydrogen-bond donors (Lipinski definition) is 1. The quantitative estimate of drug-likeness (QED) is 0.255. The fourth-order valence-corrected chi connectivity index (χ4v) is 3.39. The van der Waals surface area contributed by atoms with E-state index in [1.807, 2.05) is 12.3 Å². The van der Waals surface area contributed by atoms with Crippen molar-refractivity contribution in [2.45, 2.75) is 90.7 Å². The average molecular weight is 484 g/mol. The maximum Gasteiger partial charge on any atom is 0.109 e. The number of nitrogens with zero attached hydrogens (tertiary/aromatic N) is 2. The molecule has 1 N–H and O–H groups in total. The predicted octanol–water partition coefficient (Wildman–Crippen LogP) is 6.68. The molecule has 0 aliphatic heterocycles. The first-order valence-corrected chi connectivity index (χ1v) is 10.5. The lowest BCUT2D eigenvalue weighted by molar-refractivity contribution is 0.194. The van der Waals surface area contributed by atoms with E-state index < -0.39 is 6.10 Å². The Kier molecular flexibility index (Phi) is 12.7. The lowest BCUT2D eigenvalue weighted by Gasteiger charge is -2.08. The molecule has 1 aromatic carbocycles. The second-order valence-corrected chi connectivity index (χ2v) is 7.45. The second-order valence-electron chi connectivity index (χ2n) is 7.45. The van der Waals surface area contributed by atoms with E-state index in [1.54, 1.807) is 6.92 Å². The average Bonchev–Trinajstić information content (AvgIpc) is 3.04. The molecule has 1 heterocycles. The van der Waals surface area contributed by atoms with Crippen LogP contribution in [-0.4, -0.2) is 14.7 Å². The first-order chi connectivity index (χ1) is 12.7. The van der Waals surface area contributed by atoms with Crippen LogP contribution in [0.15, 0.2) is 36.5 Å². The summed E-state index contributed by atoms with van der Waals surface area (Å²) in [5.41, 5.74) is 2.06. The molecule has 2 rings (SSSR count). The number of rotatable bonds is 13. The van der Waals surface area contributed by atoms with Gasteiger partial charge in [0.2, 0.25) is 0 Å². The molecule has 1 atom stereocenters. The number of aryl methyl sites for hydroxylation is 1. The third-order valence-corrected chi connectivity index (χ3v) is 5.01. The fraction of sp³-hybridized carbons (Fsp3) is 0.609. The van der Waals surface area contributed by atoms with Crippen LogP contribution in [0.4, 0.5) is 0 Å². The molecular weight excluding hydrogens is 447 g/mol. The summed E-state index contributed by atoms with van der Waals surface area (Å²) in [6, 6.07) is 10.5. The van der Waals surface area contributed by atoms with Gasteiger partial charge in [-0.2, -0.15) is 0 Å². The number of imidazole rings is 1. The Morgan fingerprint density at radius 2 is 1.52 bits per heavy atom. The van der Waals surface area contributed by atoms with E-state index in [2.05, 4.69) is 40.7 Å². The third kappa shape index (κ3) is 9.24. The molecule has 0 saturated carbocycles. The number of hydrogen-bond acceptors (Lipinski definition) is 2. The zero-order chi connectivity index (χ0) is 18.6. The minimum absolute atomic E-state index is 0. The van der Waals surface area contributed by atoms with Crippen molar-refractivity contribution in [3.63, 3.8) is 0 Å². The largest absolute Gasteiger partial charge is 0.387 e. The van der Waals surface area contributed by atoms with E-state index in [4.69, 9.17) is 0 Å². The summed E-state index contributed by atoms with van der Waals surface area (Å²) < 4.78 is 2.21. The molecule has 0 bridgehead atoms. The van der Waals surface area contributed by atoms with Crippen molar-refractivity contribution >= 4 is 24.0 Å². The van der Waals surface area contributed by atoms with Crippen molar-refractivity contribution < 1.29 is 5.11 Å². The smallest absolute Gasteiger partial charge is 0.109 e. The topological polar surface area (TPSA) is 38.1 Å². The van der Waals surface area contributed by atoms with Gasteiger partial charge in [0.05, 0.1) is 11.8 Å². The molecule has 27 heavy (non-hydrogen) atoms. The standard InChI is InChI=1S/C23H36N2O.HI/c1-3-4-5-6-7-8-9-10-14-17-23-24-22(20(2)26)19-25(23)18-21-15-12-11-13-16-21;/h11-13,15-16,19-20,26H,3-10,14,17-18H2,1-2H3;1H. The Morgan fingerprint density at radius 1 is 0.926 bits per heavy atom. The Labute approximate surface area is 182 Å². The van der Waals surface area contributed by atoms with Crippen molar-refractivity contribution in [1.82, 2.24) is 9.55 Å². The highest BCUT2D eigenvalue weighted by Gasteiger charge is 2.11. The molecule has 0 spiro atoms. The maximum absolute atomic E-state index is 9.88. The molecule has 0 amide bonds. The highest BCUT2D eigenvalue weighted by molar-refractivity contribution is 14.0. The van der Waals surface area contributed by atoms with Gasteiger partial charge in [-0.05, 0) is 18.9 Å². The zero-order valence-electron chi connectivity index (χ0n) is 17.1. The van der Waals surface area contributed by atoms with Gasteiger partial charge < -0.3 is 9.67 Å². The summed E-state index contributed by atoms with van der Waals surface area (Å²) in [7, 11) is 0. The summed E-state index contributed by atoms with van der Waals surface area (Å²) in [4.78, 5) is 4.69. The van der Waals surface area contributed by atoms with Crippen molar-refractivity contribution in [2.24, 2.45) is 0 Å². The summed E-state index contributed by atoms with van der Waals surface area (Å²) in [5.74, 6) is 1.10. The molecular formula is C23H37IN2O. The molecule has 0 aliphatic carbocycles. The number of aromatic nitrogens is 2. The van der Waals surface area contributed by atoms with Crippen LogP contribution in [0.3, 0.4) is 0 Å². The highest BCUT2D eigenvalue weighted by Crippen LogP contribution is 2.17. The molecule has 4 heteroatoms. The summed E-state index contributed by atoms with van der Waals surface area (Å²) in [6.45, 7) is 4.88. The van der Waals surface area contributed by atoms with Gasteiger partial charge in [0.25, 0.3) is 0 Å². The summed E-state index contributed by atoms with van der Waals surface area (Å²) >= 11 is 0. The normalized spacial score (nSPS) is 12.0. The van der Waals surface area contributed by atoms with E-state index in [0.717, 1.165) is 24.5 Å². The minimum Gasteiger partial charge on any atom is -0.387 e. The van der Waals surface area contributed by atoms with Crippen molar-refractivity contribution in [3.8, 4) is 0 Å². The molecule has 2 aromatic rings. The number of unbranched alkanes of at least 4 members (excludes halogenated alkanes) is 8. The minimum atomic E-state index is -0.506. The number of aliphatic hydroxyl groups excluding tert-OH is 1. The molecule has 152 valence electrons. The molecule has 3 nitrogen and oxygen atoms in total. The van der Waals surface area contributed by atoms with Gasteiger partial charge in [-0.3, -0.25) is 0 Å². The maximum atomic E-state index is 9.88.